The summed E-state index contributed by atoms with van der Waals surface area (Å²) in [4.78, 5) is 8.13. The van der Waals surface area contributed by atoms with Crippen LogP contribution in [0.1, 0.15) is 0 Å². The van der Waals surface area contributed by atoms with E-state index in [1.807, 2.05) is 5.38 Å². The fourth-order valence-electron chi connectivity index (χ4n) is 1.79. The molecule has 9 heteroatoms. The minimum atomic E-state index is -4.31. The van der Waals surface area contributed by atoms with Gasteiger partial charge in [0.1, 0.15) is 6.54 Å². The number of thiophene rings is 1. The molecule has 0 saturated carbocycles. The van der Waals surface area contributed by atoms with Gasteiger partial charge in [-0.15, -0.1) is 11.3 Å². The van der Waals surface area contributed by atoms with Gasteiger partial charge in [-0.3, -0.25) is 4.68 Å². The highest BCUT2D eigenvalue weighted by Crippen LogP contribution is 2.31. The van der Waals surface area contributed by atoms with Crippen LogP contribution in [0.2, 0.25) is 5.28 Å². The molecular formula is C11H6ClF3N4S. The van der Waals surface area contributed by atoms with E-state index >= 15 is 0 Å². The van der Waals surface area contributed by atoms with Crippen LogP contribution in [0.25, 0.3) is 21.5 Å². The van der Waals surface area contributed by atoms with Crippen molar-refractivity contribution in [2.75, 3.05) is 0 Å². The minimum absolute atomic E-state index is 0.0504. The van der Waals surface area contributed by atoms with Crippen LogP contribution in [0.15, 0.2) is 23.8 Å². The fourth-order valence-corrected chi connectivity index (χ4v) is 2.80. The highest BCUT2D eigenvalue weighted by molar-refractivity contribution is 7.17. The molecule has 0 aromatic carbocycles. The van der Waals surface area contributed by atoms with E-state index in [-0.39, 0.29) is 5.28 Å². The molecule has 0 unspecified atom stereocenters. The van der Waals surface area contributed by atoms with Crippen LogP contribution in [0, 0.1) is 0 Å². The summed E-state index contributed by atoms with van der Waals surface area (Å²) in [5.41, 5.74) is 1.63. The third-order valence-corrected chi connectivity index (χ3v) is 3.60. The molecule has 20 heavy (non-hydrogen) atoms. The van der Waals surface area contributed by atoms with E-state index in [9.17, 15) is 13.2 Å². The zero-order chi connectivity index (χ0) is 14.3. The lowest BCUT2D eigenvalue weighted by atomic mass is 10.2. The molecular weight excluding hydrogens is 313 g/mol. The van der Waals surface area contributed by atoms with Crippen molar-refractivity contribution in [3.05, 3.63) is 29.1 Å². The summed E-state index contributed by atoms with van der Waals surface area (Å²) in [6.07, 6.45) is -1.68. The molecule has 104 valence electrons. The zero-order valence-corrected chi connectivity index (χ0v) is 11.3. The number of hydrogen-bond donors (Lipinski definition) is 0. The molecule has 0 aliphatic rings. The van der Waals surface area contributed by atoms with Gasteiger partial charge in [0.15, 0.2) is 0 Å². The number of aromatic nitrogens is 4. The number of rotatable bonds is 2. The lowest BCUT2D eigenvalue weighted by Crippen LogP contribution is -2.17. The molecule has 3 rings (SSSR count). The molecule has 0 atom stereocenters. The molecule has 4 nitrogen and oxygen atoms in total. The molecule has 0 aliphatic carbocycles. The molecule has 3 aromatic heterocycles. The van der Waals surface area contributed by atoms with E-state index in [0.717, 1.165) is 9.38 Å². The van der Waals surface area contributed by atoms with Crippen molar-refractivity contribution in [1.29, 1.82) is 0 Å². The van der Waals surface area contributed by atoms with Crippen molar-refractivity contribution in [1.82, 2.24) is 19.7 Å². The Hall–Kier alpha value is -1.67. The van der Waals surface area contributed by atoms with Gasteiger partial charge in [0.05, 0.1) is 22.1 Å². The van der Waals surface area contributed by atoms with Gasteiger partial charge in [-0.1, -0.05) is 0 Å². The van der Waals surface area contributed by atoms with E-state index in [1.165, 1.54) is 23.7 Å². The van der Waals surface area contributed by atoms with Gasteiger partial charge in [-0.25, -0.2) is 9.97 Å². The van der Waals surface area contributed by atoms with Crippen molar-refractivity contribution >= 4 is 33.2 Å². The maximum Gasteiger partial charge on any atom is 0.408 e. The highest BCUT2D eigenvalue weighted by atomic mass is 35.5. The van der Waals surface area contributed by atoms with Gasteiger partial charge in [0.2, 0.25) is 5.28 Å². The van der Waals surface area contributed by atoms with E-state index in [2.05, 4.69) is 15.1 Å². The third-order valence-electron chi connectivity index (χ3n) is 2.52. The normalized spacial score (nSPS) is 12.2. The van der Waals surface area contributed by atoms with Crippen molar-refractivity contribution in [2.24, 2.45) is 0 Å². The monoisotopic (exact) mass is 318 g/mol. The first kappa shape index (κ1) is 13.3. The van der Waals surface area contributed by atoms with Crippen molar-refractivity contribution < 1.29 is 13.2 Å². The van der Waals surface area contributed by atoms with E-state index in [4.69, 9.17) is 11.6 Å². The number of hydrogen-bond acceptors (Lipinski definition) is 4. The molecule has 0 N–H and O–H groups in total. The predicted molar refractivity (Wildman–Crippen MR) is 69.7 cm³/mol. The Kier molecular flexibility index (Phi) is 3.14. The second kappa shape index (κ2) is 4.71. The summed E-state index contributed by atoms with van der Waals surface area (Å²) in [6, 6.07) is 1.77. The summed E-state index contributed by atoms with van der Waals surface area (Å²) in [5.74, 6) is 0. The molecule has 0 radical (unpaired) electrons. The van der Waals surface area contributed by atoms with Crippen LogP contribution < -0.4 is 0 Å². The van der Waals surface area contributed by atoms with Gasteiger partial charge in [0.25, 0.3) is 0 Å². The smallest absolute Gasteiger partial charge is 0.263 e. The van der Waals surface area contributed by atoms with Crippen molar-refractivity contribution in [3.8, 4) is 11.3 Å². The molecule has 0 amide bonds. The Bertz CT molecular complexity index is 764. The molecule has 3 aromatic rings. The zero-order valence-electron chi connectivity index (χ0n) is 9.73. The van der Waals surface area contributed by atoms with Crippen LogP contribution in [-0.2, 0) is 6.54 Å². The van der Waals surface area contributed by atoms with Crippen molar-refractivity contribution in [2.45, 2.75) is 12.7 Å². The maximum atomic E-state index is 12.3. The van der Waals surface area contributed by atoms with Gasteiger partial charge in [-0.05, 0) is 23.0 Å². The summed E-state index contributed by atoms with van der Waals surface area (Å²) in [7, 11) is 0. The molecule has 0 spiro atoms. The van der Waals surface area contributed by atoms with E-state index in [1.54, 1.807) is 6.07 Å². The summed E-state index contributed by atoms with van der Waals surface area (Å²) in [6.45, 7) is -1.14. The first-order valence-corrected chi connectivity index (χ1v) is 6.68. The van der Waals surface area contributed by atoms with Gasteiger partial charge in [-0.2, -0.15) is 18.3 Å². The highest BCUT2D eigenvalue weighted by Gasteiger charge is 2.28. The largest absolute Gasteiger partial charge is 0.408 e. The lowest BCUT2D eigenvalue weighted by Gasteiger charge is -2.05. The van der Waals surface area contributed by atoms with Gasteiger partial charge < -0.3 is 0 Å². The van der Waals surface area contributed by atoms with Crippen LogP contribution in [0.5, 0.6) is 0 Å². The number of alkyl halides is 3. The molecule has 3 heterocycles. The predicted octanol–water partition coefficient (Wildman–Crippen LogP) is 3.77. The SMILES string of the molecule is FC(F)(F)Cn1cc(-c2nc(Cl)nc3ccsc23)cn1. The number of fused-ring (bicyclic) bond motifs is 1. The van der Waals surface area contributed by atoms with Crippen LogP contribution in [0.3, 0.4) is 0 Å². The first-order chi connectivity index (χ1) is 9.42. The summed E-state index contributed by atoms with van der Waals surface area (Å²) >= 11 is 7.22. The van der Waals surface area contributed by atoms with E-state index < -0.39 is 12.7 Å². The Morgan fingerprint density at radius 3 is 2.85 bits per heavy atom. The van der Waals surface area contributed by atoms with Gasteiger partial charge in [0, 0.05) is 11.8 Å². The average Bonchev–Trinajstić information content (AvgIpc) is 2.94. The quantitative estimate of drug-likeness (QED) is 0.676. The maximum absolute atomic E-state index is 12.3. The van der Waals surface area contributed by atoms with Gasteiger partial charge >= 0.3 is 6.18 Å². The fraction of sp³-hybridized carbons (Fsp3) is 0.182. The van der Waals surface area contributed by atoms with E-state index in [0.29, 0.717) is 16.8 Å². The minimum Gasteiger partial charge on any atom is -0.263 e. The Labute approximate surface area is 119 Å². The standard InChI is InChI=1S/C11H6ClF3N4S/c12-10-17-7-1-2-20-9(7)8(18-10)6-3-16-19(4-6)5-11(13,14)15/h1-4H,5H2. The summed E-state index contributed by atoms with van der Waals surface area (Å²) in [5, 5.41) is 5.57. The Balaban J connectivity index is 2.05. The third kappa shape index (κ3) is 2.61. The van der Waals surface area contributed by atoms with Crippen molar-refractivity contribution in [3.63, 3.8) is 0 Å². The molecule has 0 bridgehead atoms. The second-order valence-corrected chi connectivity index (χ2v) is 5.27. The molecule has 0 fully saturated rings. The van der Waals surface area contributed by atoms with Crippen LogP contribution in [0.4, 0.5) is 13.2 Å². The lowest BCUT2D eigenvalue weighted by molar-refractivity contribution is -0.142. The Morgan fingerprint density at radius 1 is 1.30 bits per heavy atom. The average molecular weight is 319 g/mol. The number of nitrogens with zero attached hydrogens (tertiary/aromatic N) is 4. The van der Waals surface area contributed by atoms with Crippen LogP contribution >= 0.6 is 22.9 Å². The number of halogens is 4. The molecule has 0 aliphatic heterocycles. The topological polar surface area (TPSA) is 43.6 Å². The Morgan fingerprint density at radius 2 is 2.10 bits per heavy atom. The second-order valence-electron chi connectivity index (χ2n) is 4.02. The summed E-state index contributed by atoms with van der Waals surface area (Å²) < 4.78 is 38.5. The first-order valence-electron chi connectivity index (χ1n) is 5.43. The van der Waals surface area contributed by atoms with Crippen LogP contribution in [-0.4, -0.2) is 25.9 Å². The molecule has 0 saturated heterocycles.